The molecule has 1 unspecified atom stereocenters. The summed E-state index contributed by atoms with van der Waals surface area (Å²) in [5.41, 5.74) is 1.09. The van der Waals surface area contributed by atoms with Crippen molar-refractivity contribution in [2.45, 2.75) is 44.6 Å². The molecule has 0 spiro atoms. The smallest absolute Gasteiger partial charge is 0.304 e. The fourth-order valence-corrected chi connectivity index (χ4v) is 3.61. The molecule has 3 rings (SSSR count). The molecule has 23 heavy (non-hydrogen) atoms. The first-order chi connectivity index (χ1) is 11.1. The lowest BCUT2D eigenvalue weighted by Crippen LogP contribution is -2.48. The Kier molecular flexibility index (Phi) is 4.69. The molecule has 1 aliphatic heterocycles. The minimum absolute atomic E-state index is 0.0342. The van der Waals surface area contributed by atoms with Crippen molar-refractivity contribution in [2.24, 2.45) is 5.92 Å². The highest BCUT2D eigenvalue weighted by atomic mass is 16.5. The van der Waals surface area contributed by atoms with Crippen LogP contribution in [0.3, 0.4) is 0 Å². The van der Waals surface area contributed by atoms with Crippen LogP contribution in [0.15, 0.2) is 18.2 Å². The van der Waals surface area contributed by atoms with Gasteiger partial charge in [-0.2, -0.15) is 0 Å². The van der Waals surface area contributed by atoms with E-state index in [0.29, 0.717) is 18.8 Å². The number of rotatable bonds is 4. The van der Waals surface area contributed by atoms with Gasteiger partial charge in [0.05, 0.1) is 6.10 Å². The summed E-state index contributed by atoms with van der Waals surface area (Å²) in [6.07, 6.45) is 4.74. The van der Waals surface area contributed by atoms with E-state index in [1.165, 1.54) is 12.8 Å². The molecule has 124 valence electrons. The lowest BCUT2D eigenvalue weighted by atomic mass is 9.95. The van der Waals surface area contributed by atoms with Crippen molar-refractivity contribution in [3.05, 3.63) is 23.8 Å². The van der Waals surface area contributed by atoms with Gasteiger partial charge in [-0.15, -0.1) is 0 Å². The Morgan fingerprint density at radius 2 is 2.26 bits per heavy atom. The predicted molar refractivity (Wildman–Crippen MR) is 91.5 cm³/mol. The summed E-state index contributed by atoms with van der Waals surface area (Å²) in [5.74, 6) is 1.73. The van der Waals surface area contributed by atoms with Crippen LogP contribution in [0.1, 0.15) is 44.1 Å². The van der Waals surface area contributed by atoms with Crippen molar-refractivity contribution in [3.63, 3.8) is 0 Å². The fourth-order valence-electron chi connectivity index (χ4n) is 3.61. The van der Waals surface area contributed by atoms with Crippen LogP contribution >= 0.6 is 0 Å². The molecular weight excluding hydrogens is 291 g/mol. The van der Waals surface area contributed by atoms with Gasteiger partial charge in [0.2, 0.25) is 7.98 Å². The number of phenols is 1. The van der Waals surface area contributed by atoms with Crippen LogP contribution in [0.4, 0.5) is 4.79 Å². The van der Waals surface area contributed by atoms with Crippen LogP contribution in [-0.2, 0) is 0 Å². The monoisotopic (exact) mass is 316 g/mol. The lowest BCUT2D eigenvalue weighted by Gasteiger charge is -2.31. The van der Waals surface area contributed by atoms with Gasteiger partial charge < -0.3 is 20.0 Å². The molecule has 2 aliphatic rings. The maximum atomic E-state index is 11.5. The first-order valence-corrected chi connectivity index (χ1v) is 8.55. The van der Waals surface area contributed by atoms with Gasteiger partial charge in [0.1, 0.15) is 0 Å². The van der Waals surface area contributed by atoms with E-state index < -0.39 is 0 Å². The van der Waals surface area contributed by atoms with Crippen molar-refractivity contribution < 1.29 is 14.6 Å². The zero-order valence-corrected chi connectivity index (χ0v) is 13.9. The molecule has 2 amide bonds. The average molecular weight is 316 g/mol. The molecule has 0 radical (unpaired) electrons. The summed E-state index contributed by atoms with van der Waals surface area (Å²) in [5, 5.41) is 13.0. The second kappa shape index (κ2) is 6.73. The van der Waals surface area contributed by atoms with Crippen LogP contribution in [0, 0.1) is 5.92 Å². The first kappa shape index (κ1) is 16.0. The van der Waals surface area contributed by atoms with Gasteiger partial charge in [-0.3, -0.25) is 4.79 Å². The zero-order chi connectivity index (χ0) is 16.4. The van der Waals surface area contributed by atoms with E-state index in [-0.39, 0.29) is 23.8 Å². The summed E-state index contributed by atoms with van der Waals surface area (Å²) in [6, 6.07) is 5.52. The van der Waals surface area contributed by atoms with E-state index in [0.717, 1.165) is 24.3 Å². The molecule has 5 nitrogen and oxygen atoms in total. The minimum Gasteiger partial charge on any atom is -0.504 e. The summed E-state index contributed by atoms with van der Waals surface area (Å²) >= 11 is 0. The van der Waals surface area contributed by atoms with E-state index in [4.69, 9.17) is 4.74 Å². The number of nitrogens with one attached hydrogen (secondary N) is 1. The molecule has 0 aromatic heterocycles. The van der Waals surface area contributed by atoms with E-state index in [2.05, 4.69) is 12.2 Å². The third-order valence-corrected chi connectivity index (χ3v) is 5.16. The number of ether oxygens (including phenoxy) is 1. The van der Waals surface area contributed by atoms with Crippen molar-refractivity contribution in [3.8, 4) is 11.5 Å². The number of phenolic OH excluding ortho intramolecular Hbond substituents is 1. The van der Waals surface area contributed by atoms with Gasteiger partial charge >= 0.3 is 6.03 Å². The molecular formula is C17H25BN2O3. The number of nitrogens with zero attached hydrogens (tertiary/aromatic N) is 1. The molecule has 1 saturated heterocycles. The second-order valence-corrected chi connectivity index (χ2v) is 6.82. The molecule has 6 heteroatoms. The van der Waals surface area contributed by atoms with Crippen molar-refractivity contribution >= 4 is 14.0 Å². The van der Waals surface area contributed by atoms with Gasteiger partial charge in [0.25, 0.3) is 0 Å². The Balaban J connectivity index is 1.70. The maximum absolute atomic E-state index is 11.5. The minimum atomic E-state index is -0.0342. The van der Waals surface area contributed by atoms with Crippen LogP contribution in [0.25, 0.3) is 0 Å². The number of hydrogen-bond donors (Lipinski definition) is 2. The summed E-state index contributed by atoms with van der Waals surface area (Å²) in [7, 11) is 1.79. The number of hydrogen-bond acceptors (Lipinski definition) is 3. The molecule has 1 saturated carbocycles. The van der Waals surface area contributed by atoms with Gasteiger partial charge in [0, 0.05) is 19.0 Å². The Hall–Kier alpha value is -1.85. The number of benzene rings is 1. The topological polar surface area (TPSA) is 61.8 Å². The third kappa shape index (κ3) is 3.57. The van der Waals surface area contributed by atoms with Crippen LogP contribution < -0.4 is 10.1 Å². The number of urea groups is 1. The van der Waals surface area contributed by atoms with Crippen molar-refractivity contribution in [2.75, 3.05) is 13.1 Å². The second-order valence-electron chi connectivity index (χ2n) is 6.82. The Labute approximate surface area is 138 Å². The highest BCUT2D eigenvalue weighted by Gasteiger charge is 2.27. The third-order valence-electron chi connectivity index (χ3n) is 5.16. The predicted octanol–water partition coefficient (Wildman–Crippen LogP) is 2.01. The van der Waals surface area contributed by atoms with Crippen LogP contribution in [0.2, 0.25) is 0 Å². The molecule has 1 aromatic rings. The summed E-state index contributed by atoms with van der Waals surface area (Å²) in [6.45, 7) is 3.52. The normalized spacial score (nSPS) is 27.8. The molecule has 2 fully saturated rings. The van der Waals surface area contributed by atoms with E-state index in [1.54, 1.807) is 18.9 Å². The van der Waals surface area contributed by atoms with Gasteiger partial charge in [-0.05, 0) is 42.9 Å². The van der Waals surface area contributed by atoms with Gasteiger partial charge in [-0.25, -0.2) is 0 Å². The lowest BCUT2D eigenvalue weighted by molar-refractivity contribution is 0.195. The standard InChI is InChI=1S/C17H25BN2O3/c1-2-11-3-5-14(7-11)23-16-8-12(4-6-15(16)21)13-9-19-17(22)20(18)10-13/h4,6,8,11,13-14,21H,2-3,5,7,9-10,18H2,1H3,(H,19,22)/t11-,13?,14-/m0/s1. The number of carbonyl (C=O) groups excluding carboxylic acids is 1. The van der Waals surface area contributed by atoms with Gasteiger partial charge in [-0.1, -0.05) is 19.4 Å². The van der Waals surface area contributed by atoms with Crippen LogP contribution in [-0.4, -0.2) is 43.1 Å². The number of carbonyl (C=O) groups is 1. The highest BCUT2D eigenvalue weighted by molar-refractivity contribution is 6.14. The van der Waals surface area contributed by atoms with E-state index in [1.807, 2.05) is 12.1 Å². The molecule has 3 atom stereocenters. The Morgan fingerprint density at radius 1 is 1.43 bits per heavy atom. The van der Waals surface area contributed by atoms with Gasteiger partial charge in [0.15, 0.2) is 11.5 Å². The maximum Gasteiger partial charge on any atom is 0.304 e. The SMILES string of the molecule is BN1CC(c2ccc(O)c(O[C@H]3CC[C@H](CC)C3)c2)CNC1=O. The molecule has 2 N–H and O–H groups in total. The Morgan fingerprint density at radius 3 is 2.96 bits per heavy atom. The van der Waals surface area contributed by atoms with E-state index in [9.17, 15) is 9.90 Å². The Bertz CT molecular complexity index is 581. The molecule has 1 heterocycles. The van der Waals surface area contributed by atoms with Crippen LogP contribution in [0.5, 0.6) is 11.5 Å². The first-order valence-electron chi connectivity index (χ1n) is 8.55. The fraction of sp³-hybridized carbons (Fsp3) is 0.588. The van der Waals surface area contributed by atoms with E-state index >= 15 is 0 Å². The summed E-state index contributed by atoms with van der Waals surface area (Å²) < 4.78 is 6.07. The zero-order valence-electron chi connectivity index (χ0n) is 13.9. The number of amides is 2. The average Bonchev–Trinajstić information content (AvgIpc) is 3.00. The molecule has 0 bridgehead atoms. The summed E-state index contributed by atoms with van der Waals surface area (Å²) in [4.78, 5) is 13.2. The largest absolute Gasteiger partial charge is 0.504 e. The highest BCUT2D eigenvalue weighted by Crippen LogP contribution is 2.36. The van der Waals surface area contributed by atoms with Crippen molar-refractivity contribution in [1.29, 1.82) is 0 Å². The number of aromatic hydroxyl groups is 1. The van der Waals surface area contributed by atoms with Crippen molar-refractivity contribution in [1.82, 2.24) is 10.1 Å². The molecule has 1 aliphatic carbocycles. The quantitative estimate of drug-likeness (QED) is 0.835. The molecule has 1 aromatic carbocycles.